The molecule has 3 rings (SSSR count). The van der Waals surface area contributed by atoms with Gasteiger partial charge in [-0.1, -0.05) is 60.7 Å². The summed E-state index contributed by atoms with van der Waals surface area (Å²) in [6.45, 7) is 1.11. The third kappa shape index (κ3) is 6.62. The molecule has 0 unspecified atom stereocenters. The summed E-state index contributed by atoms with van der Waals surface area (Å²) >= 11 is 0. The van der Waals surface area contributed by atoms with E-state index in [1.807, 2.05) is 12.1 Å². The maximum Gasteiger partial charge on any atom is 0.221 e. The van der Waals surface area contributed by atoms with Gasteiger partial charge in [0, 0.05) is 25.2 Å². The lowest BCUT2D eigenvalue weighted by molar-refractivity contribution is -0.149. The minimum atomic E-state index is -2.66. The smallest absolute Gasteiger partial charge is 0.221 e. The molecule has 2 aromatic carbocycles. The van der Waals surface area contributed by atoms with Crippen molar-refractivity contribution < 1.29 is 19.2 Å². The SMILES string of the molecule is CC(=O)NC(C(=O)[C@@H](N)Cc1ccccc1)(C(=O)[C@@H](N)Cc1ccccc1)C(=O)[C@@H](N)Cc1cnc[nH]1. The molecule has 0 aliphatic heterocycles. The van der Waals surface area contributed by atoms with Gasteiger partial charge in [0.25, 0.3) is 0 Å². The summed E-state index contributed by atoms with van der Waals surface area (Å²) in [5.41, 5.74) is 18.1. The van der Waals surface area contributed by atoms with E-state index in [1.165, 1.54) is 12.5 Å². The quantitative estimate of drug-likeness (QED) is 0.201. The number of imidazole rings is 1. The Labute approximate surface area is 215 Å². The Kier molecular flexibility index (Phi) is 9.18. The lowest BCUT2D eigenvalue weighted by Crippen LogP contribution is -2.74. The molecule has 0 saturated heterocycles. The van der Waals surface area contributed by atoms with Gasteiger partial charge in [-0.05, 0) is 24.0 Å². The first-order valence-electron chi connectivity index (χ1n) is 11.9. The number of Topliss-reactive ketones (excluding diaryl/α,β-unsaturated/α-hetero) is 3. The van der Waals surface area contributed by atoms with Crippen LogP contribution in [0.4, 0.5) is 0 Å². The van der Waals surface area contributed by atoms with Gasteiger partial charge in [-0.15, -0.1) is 0 Å². The van der Waals surface area contributed by atoms with Crippen LogP contribution in [0.2, 0.25) is 0 Å². The summed E-state index contributed by atoms with van der Waals surface area (Å²) in [5, 5.41) is 2.33. The van der Waals surface area contributed by atoms with Crippen LogP contribution >= 0.6 is 0 Å². The number of amides is 1. The molecule has 10 heteroatoms. The van der Waals surface area contributed by atoms with Gasteiger partial charge in [0.05, 0.1) is 24.5 Å². The van der Waals surface area contributed by atoms with Crippen molar-refractivity contribution in [2.24, 2.45) is 17.2 Å². The Hall–Kier alpha value is -3.99. The Morgan fingerprint density at radius 1 is 0.784 bits per heavy atom. The number of hydrogen-bond acceptors (Lipinski definition) is 8. The summed E-state index contributed by atoms with van der Waals surface area (Å²) in [7, 11) is 0. The fourth-order valence-corrected chi connectivity index (χ4v) is 4.29. The second kappa shape index (κ2) is 12.3. The number of hydrogen-bond donors (Lipinski definition) is 5. The highest BCUT2D eigenvalue weighted by atomic mass is 16.2. The van der Waals surface area contributed by atoms with E-state index in [-0.39, 0.29) is 19.3 Å². The molecule has 0 bridgehead atoms. The van der Waals surface area contributed by atoms with Crippen molar-refractivity contribution in [3.63, 3.8) is 0 Å². The van der Waals surface area contributed by atoms with Crippen molar-refractivity contribution in [2.45, 2.75) is 49.9 Å². The fraction of sp³-hybridized carbons (Fsp3) is 0.296. The van der Waals surface area contributed by atoms with Gasteiger partial charge in [0.1, 0.15) is 0 Å². The second-order valence-electron chi connectivity index (χ2n) is 9.00. The third-order valence-electron chi connectivity index (χ3n) is 6.07. The van der Waals surface area contributed by atoms with Gasteiger partial charge in [0.15, 0.2) is 17.3 Å². The van der Waals surface area contributed by atoms with Crippen molar-refractivity contribution in [1.29, 1.82) is 0 Å². The van der Waals surface area contributed by atoms with Crippen LogP contribution in [0.1, 0.15) is 23.7 Å². The van der Waals surface area contributed by atoms with Crippen LogP contribution < -0.4 is 22.5 Å². The second-order valence-corrected chi connectivity index (χ2v) is 9.00. The number of aromatic nitrogens is 2. The Morgan fingerprint density at radius 2 is 1.22 bits per heavy atom. The topological polar surface area (TPSA) is 187 Å². The molecule has 10 nitrogen and oxygen atoms in total. The number of nitrogens with zero attached hydrogens (tertiary/aromatic N) is 1. The van der Waals surface area contributed by atoms with Crippen LogP contribution in [-0.4, -0.2) is 56.9 Å². The van der Waals surface area contributed by atoms with E-state index >= 15 is 0 Å². The normalized spacial score (nSPS) is 13.8. The number of nitrogens with two attached hydrogens (primary N) is 3. The van der Waals surface area contributed by atoms with E-state index < -0.39 is 46.9 Å². The van der Waals surface area contributed by atoms with Gasteiger partial charge >= 0.3 is 0 Å². The first-order valence-corrected chi connectivity index (χ1v) is 11.9. The molecule has 1 heterocycles. The van der Waals surface area contributed by atoms with E-state index in [1.54, 1.807) is 48.5 Å². The van der Waals surface area contributed by atoms with Crippen LogP contribution in [0.3, 0.4) is 0 Å². The lowest BCUT2D eigenvalue weighted by atomic mass is 9.74. The van der Waals surface area contributed by atoms with Crippen molar-refractivity contribution in [3.05, 3.63) is 90.0 Å². The highest BCUT2D eigenvalue weighted by molar-refractivity contribution is 6.34. The molecule has 0 spiro atoms. The van der Waals surface area contributed by atoms with Gasteiger partial charge in [-0.3, -0.25) is 19.2 Å². The standard InChI is InChI=1S/C27H32N6O4/c1-17(34)33-27(26(37)23(30)14-20-15-31-16-32-20,24(35)21(28)12-18-8-4-2-5-9-18)25(36)22(29)13-19-10-6-3-7-11-19/h2-11,15-16,21-23H,12-14,28-30H2,1H3,(H,31,32)(H,33,34)/t21-,22-,23-/m0/s1. The maximum atomic E-state index is 13.9. The molecular formula is C27H32N6O4. The first-order chi connectivity index (χ1) is 17.6. The highest BCUT2D eigenvalue weighted by Crippen LogP contribution is 2.21. The predicted octanol–water partition coefficient (Wildman–Crippen LogP) is 0.00170. The van der Waals surface area contributed by atoms with Crippen LogP contribution in [0.5, 0.6) is 0 Å². The zero-order valence-corrected chi connectivity index (χ0v) is 20.6. The first kappa shape index (κ1) is 27.6. The average molecular weight is 505 g/mol. The number of ketones is 3. The molecule has 3 atom stereocenters. The van der Waals surface area contributed by atoms with Crippen molar-refractivity contribution in [2.75, 3.05) is 0 Å². The van der Waals surface area contributed by atoms with Gasteiger partial charge in [-0.25, -0.2) is 4.98 Å². The summed E-state index contributed by atoms with van der Waals surface area (Å²) in [6, 6.07) is 13.8. The number of H-pyrrole nitrogens is 1. The maximum absolute atomic E-state index is 13.9. The Morgan fingerprint density at radius 3 is 1.59 bits per heavy atom. The van der Waals surface area contributed by atoms with E-state index in [9.17, 15) is 19.2 Å². The van der Waals surface area contributed by atoms with Gasteiger partial charge in [-0.2, -0.15) is 0 Å². The van der Waals surface area contributed by atoms with Gasteiger partial charge < -0.3 is 27.5 Å². The molecule has 0 aliphatic rings. The number of rotatable bonds is 13. The largest absolute Gasteiger partial charge is 0.348 e. The Bertz CT molecular complexity index is 1150. The molecule has 37 heavy (non-hydrogen) atoms. The molecule has 0 radical (unpaired) electrons. The molecule has 0 saturated carbocycles. The van der Waals surface area contributed by atoms with Crippen LogP contribution in [0.25, 0.3) is 0 Å². The number of carbonyl (C=O) groups excluding carboxylic acids is 4. The molecule has 1 amide bonds. The summed E-state index contributed by atoms with van der Waals surface area (Å²) in [4.78, 5) is 60.9. The number of benzene rings is 2. The van der Waals surface area contributed by atoms with Crippen LogP contribution in [0, 0.1) is 0 Å². The monoisotopic (exact) mass is 504 g/mol. The summed E-state index contributed by atoms with van der Waals surface area (Å²) in [5.74, 6) is -3.70. The van der Waals surface area contributed by atoms with Crippen LogP contribution in [0.15, 0.2) is 73.2 Å². The molecule has 1 aromatic heterocycles. The van der Waals surface area contributed by atoms with Crippen molar-refractivity contribution in [3.8, 4) is 0 Å². The predicted molar refractivity (Wildman–Crippen MR) is 138 cm³/mol. The van der Waals surface area contributed by atoms with E-state index in [0.717, 1.165) is 18.1 Å². The Balaban J connectivity index is 2.03. The zero-order chi connectivity index (χ0) is 27.0. The number of carbonyl (C=O) groups is 4. The molecule has 0 fully saturated rings. The zero-order valence-electron chi connectivity index (χ0n) is 20.6. The lowest BCUT2D eigenvalue weighted by Gasteiger charge is -2.35. The molecular weight excluding hydrogens is 472 g/mol. The highest BCUT2D eigenvalue weighted by Gasteiger charge is 2.56. The van der Waals surface area contributed by atoms with Crippen LogP contribution in [-0.2, 0) is 38.4 Å². The average Bonchev–Trinajstić information content (AvgIpc) is 3.40. The minimum Gasteiger partial charge on any atom is -0.348 e. The molecule has 3 aromatic rings. The van der Waals surface area contributed by atoms with Gasteiger partial charge in [0.2, 0.25) is 11.4 Å². The van der Waals surface area contributed by atoms with E-state index in [0.29, 0.717) is 5.69 Å². The number of nitrogens with one attached hydrogen (secondary N) is 2. The van der Waals surface area contributed by atoms with Crippen molar-refractivity contribution >= 4 is 23.3 Å². The minimum absolute atomic E-state index is 0.0330. The summed E-state index contributed by atoms with van der Waals surface area (Å²) < 4.78 is 0. The molecule has 194 valence electrons. The molecule has 8 N–H and O–H groups in total. The van der Waals surface area contributed by atoms with E-state index in [4.69, 9.17) is 17.2 Å². The number of aromatic amines is 1. The summed E-state index contributed by atoms with van der Waals surface area (Å²) in [6.07, 6.45) is 2.90. The van der Waals surface area contributed by atoms with Crippen molar-refractivity contribution in [1.82, 2.24) is 15.3 Å². The third-order valence-corrected chi connectivity index (χ3v) is 6.07. The van der Waals surface area contributed by atoms with E-state index in [2.05, 4.69) is 15.3 Å². The molecule has 0 aliphatic carbocycles. The fourth-order valence-electron chi connectivity index (χ4n) is 4.29.